The summed E-state index contributed by atoms with van der Waals surface area (Å²) in [5.74, 6) is 0.285. The molecule has 1 aliphatic heterocycles. The smallest absolute Gasteiger partial charge is 0.239 e. The van der Waals surface area contributed by atoms with E-state index in [1.54, 1.807) is 0 Å². The van der Waals surface area contributed by atoms with Crippen LogP contribution in [0.15, 0.2) is 11.6 Å². The number of carbonyl (C=O) groups excluding carboxylic acids is 3. The molecule has 0 spiro atoms. The molecule has 10 atom stereocenters. The standard InChI is InChI=1S/C40H65N3O5/c1-33(2)22-28(35(5,6)43(33)48)42-30(46)23-41-32(47)37(8)17-16-36(7)18-19-39(10)24(25(36)21-37)20-26(44)31-38(9)14-13-29(45)34(3,4)27(38)12-15-40(31,39)11/h20,25,27-29,31,45,48H,12-19,21-23H2,1-11H3,(H,41,47)(H,42,46)/t25-,27-,28?,29-,31+,36+,37-,38-,39+,40+/m0/s1. The molecular weight excluding hydrogens is 602 g/mol. The topological polar surface area (TPSA) is 119 Å². The number of rotatable bonds is 4. The van der Waals surface area contributed by atoms with Crippen LogP contribution in [0.5, 0.6) is 0 Å². The van der Waals surface area contributed by atoms with Crippen molar-refractivity contribution in [1.82, 2.24) is 15.7 Å². The highest BCUT2D eigenvalue weighted by Gasteiger charge is 2.70. The summed E-state index contributed by atoms with van der Waals surface area (Å²) < 4.78 is 0. The SMILES string of the molecule is CC1(C)[C@@H](O)CC[C@]2(C)[C@H]3C(=O)C=C4[C@@H]5C[C@@](C)(C(=O)NCC(=O)NC6CC(C)(C)N(O)C6(C)C)CC[C@]5(C)CC[C@@]4(C)[C@]3(C)CC[C@@H]12. The summed E-state index contributed by atoms with van der Waals surface area (Å²) in [6.07, 6.45) is 10.5. The lowest BCUT2D eigenvalue weighted by molar-refractivity contribution is -0.202. The average Bonchev–Trinajstić information content (AvgIpc) is 3.13. The van der Waals surface area contributed by atoms with Gasteiger partial charge in [-0.2, -0.15) is 5.06 Å². The van der Waals surface area contributed by atoms with Crippen LogP contribution in [0.2, 0.25) is 0 Å². The van der Waals surface area contributed by atoms with Crippen LogP contribution in [-0.4, -0.2) is 62.7 Å². The van der Waals surface area contributed by atoms with Crippen LogP contribution in [0.3, 0.4) is 0 Å². The van der Waals surface area contributed by atoms with Crippen LogP contribution in [0.1, 0.15) is 140 Å². The number of fused-ring (bicyclic) bond motifs is 7. The van der Waals surface area contributed by atoms with E-state index in [0.717, 1.165) is 51.4 Å². The molecule has 2 amide bonds. The summed E-state index contributed by atoms with van der Waals surface area (Å²) in [6.45, 7) is 23.7. The number of ketones is 1. The van der Waals surface area contributed by atoms with E-state index < -0.39 is 16.5 Å². The van der Waals surface area contributed by atoms with Crippen LogP contribution in [-0.2, 0) is 14.4 Å². The third kappa shape index (κ3) is 4.87. The van der Waals surface area contributed by atoms with Crippen LogP contribution >= 0.6 is 0 Å². The number of nitrogens with zero attached hydrogens (tertiary/aromatic N) is 1. The van der Waals surface area contributed by atoms with Crippen LogP contribution in [0.25, 0.3) is 0 Å². The zero-order chi connectivity index (χ0) is 35.7. The fourth-order valence-electron chi connectivity index (χ4n) is 13.0. The van der Waals surface area contributed by atoms with Gasteiger partial charge in [0.15, 0.2) is 5.78 Å². The number of hydrogen-bond acceptors (Lipinski definition) is 6. The number of aliphatic hydroxyl groups is 1. The second-order valence-corrected chi connectivity index (χ2v) is 20.4. The maximum atomic E-state index is 14.6. The number of aliphatic hydroxyl groups excluding tert-OH is 1. The number of hydroxylamine groups is 2. The predicted molar refractivity (Wildman–Crippen MR) is 187 cm³/mol. The van der Waals surface area contributed by atoms with E-state index in [1.807, 2.05) is 33.8 Å². The first-order chi connectivity index (χ1) is 21.9. The number of carbonyl (C=O) groups is 3. The molecule has 0 radical (unpaired) electrons. The molecule has 1 unspecified atom stereocenters. The molecule has 5 aliphatic carbocycles. The lowest BCUT2D eigenvalue weighted by atomic mass is 9.33. The number of amides is 2. The van der Waals surface area contributed by atoms with Gasteiger partial charge in [0.25, 0.3) is 0 Å². The number of allylic oxidation sites excluding steroid dienone is 2. The molecule has 0 aromatic rings. The van der Waals surface area contributed by atoms with E-state index in [0.29, 0.717) is 18.8 Å². The molecule has 270 valence electrons. The van der Waals surface area contributed by atoms with Crippen molar-refractivity contribution in [2.75, 3.05) is 6.54 Å². The molecule has 48 heavy (non-hydrogen) atoms. The van der Waals surface area contributed by atoms with Crippen molar-refractivity contribution >= 4 is 17.6 Å². The molecular formula is C40H65N3O5. The van der Waals surface area contributed by atoms with Gasteiger partial charge in [-0.1, -0.05) is 54.0 Å². The largest absolute Gasteiger partial charge is 0.393 e. The Hall–Kier alpha value is -1.77. The first-order valence-electron chi connectivity index (χ1n) is 18.9. The molecule has 4 saturated carbocycles. The molecule has 0 aromatic heterocycles. The van der Waals surface area contributed by atoms with Crippen molar-refractivity contribution in [1.29, 1.82) is 0 Å². The maximum absolute atomic E-state index is 14.6. The Labute approximate surface area is 289 Å². The molecule has 1 heterocycles. The predicted octanol–water partition coefficient (Wildman–Crippen LogP) is 6.58. The van der Waals surface area contributed by atoms with E-state index in [1.165, 1.54) is 10.6 Å². The van der Waals surface area contributed by atoms with Crippen LogP contribution < -0.4 is 10.6 Å². The molecule has 4 N–H and O–H groups in total. The molecule has 8 heteroatoms. The third-order valence-corrected chi connectivity index (χ3v) is 16.5. The monoisotopic (exact) mass is 667 g/mol. The lowest BCUT2D eigenvalue weighted by Gasteiger charge is -2.70. The van der Waals surface area contributed by atoms with Crippen molar-refractivity contribution < 1.29 is 24.7 Å². The Balaban J connectivity index is 1.22. The van der Waals surface area contributed by atoms with Gasteiger partial charge < -0.3 is 20.9 Å². The minimum absolute atomic E-state index is 0.0288. The summed E-state index contributed by atoms with van der Waals surface area (Å²) in [4.78, 5) is 41.7. The number of nitrogens with one attached hydrogen (secondary N) is 2. The number of hydrogen-bond donors (Lipinski definition) is 4. The third-order valence-electron chi connectivity index (χ3n) is 16.5. The van der Waals surface area contributed by atoms with Gasteiger partial charge in [0, 0.05) is 16.9 Å². The molecule has 1 saturated heterocycles. The summed E-state index contributed by atoms with van der Waals surface area (Å²) in [7, 11) is 0. The average molecular weight is 668 g/mol. The van der Waals surface area contributed by atoms with E-state index in [4.69, 9.17) is 0 Å². The molecule has 0 bridgehead atoms. The lowest BCUT2D eigenvalue weighted by Crippen LogP contribution is -2.66. The van der Waals surface area contributed by atoms with Gasteiger partial charge in [0.1, 0.15) is 0 Å². The molecule has 0 aromatic carbocycles. The van der Waals surface area contributed by atoms with Crippen molar-refractivity contribution in [3.8, 4) is 0 Å². The Morgan fingerprint density at radius 1 is 0.875 bits per heavy atom. The molecule has 6 aliphatic rings. The Kier molecular flexibility index (Phi) is 8.16. The summed E-state index contributed by atoms with van der Waals surface area (Å²) >= 11 is 0. The van der Waals surface area contributed by atoms with Gasteiger partial charge in [0.2, 0.25) is 11.8 Å². The van der Waals surface area contributed by atoms with Gasteiger partial charge >= 0.3 is 0 Å². The molecule has 5 fully saturated rings. The zero-order valence-electron chi connectivity index (χ0n) is 31.8. The quantitative estimate of drug-likeness (QED) is 0.269. The highest BCUT2D eigenvalue weighted by Crippen LogP contribution is 2.75. The van der Waals surface area contributed by atoms with Crippen molar-refractivity contribution in [3.05, 3.63) is 11.6 Å². The van der Waals surface area contributed by atoms with E-state index in [-0.39, 0.29) is 75.2 Å². The normalized spacial score (nSPS) is 47.5. The van der Waals surface area contributed by atoms with Crippen molar-refractivity contribution in [2.24, 2.45) is 50.2 Å². The minimum Gasteiger partial charge on any atom is -0.393 e. The van der Waals surface area contributed by atoms with Gasteiger partial charge in [-0.15, -0.1) is 0 Å². The molecule has 8 nitrogen and oxygen atoms in total. The van der Waals surface area contributed by atoms with Crippen LogP contribution in [0.4, 0.5) is 0 Å². The van der Waals surface area contributed by atoms with Gasteiger partial charge in [-0.05, 0) is 137 Å². The summed E-state index contributed by atoms with van der Waals surface area (Å²) in [6, 6.07) is -0.240. The Morgan fingerprint density at radius 3 is 2.15 bits per heavy atom. The van der Waals surface area contributed by atoms with Crippen molar-refractivity contribution in [3.63, 3.8) is 0 Å². The first-order valence-corrected chi connectivity index (χ1v) is 18.9. The van der Waals surface area contributed by atoms with Crippen molar-refractivity contribution in [2.45, 2.75) is 164 Å². The zero-order valence-corrected chi connectivity index (χ0v) is 31.8. The minimum atomic E-state index is -0.645. The molecule has 6 rings (SSSR count). The summed E-state index contributed by atoms with van der Waals surface area (Å²) in [5, 5.41) is 29.1. The van der Waals surface area contributed by atoms with E-state index in [9.17, 15) is 24.7 Å². The van der Waals surface area contributed by atoms with Gasteiger partial charge in [-0.3, -0.25) is 14.4 Å². The van der Waals surface area contributed by atoms with E-state index in [2.05, 4.69) is 59.1 Å². The van der Waals surface area contributed by atoms with Crippen LogP contribution in [0, 0.1) is 50.2 Å². The highest BCUT2D eigenvalue weighted by molar-refractivity contribution is 5.96. The first kappa shape index (κ1) is 36.0. The Morgan fingerprint density at radius 2 is 1.52 bits per heavy atom. The second-order valence-electron chi connectivity index (χ2n) is 20.4. The van der Waals surface area contributed by atoms with Gasteiger partial charge in [0.05, 0.1) is 24.2 Å². The highest BCUT2D eigenvalue weighted by atomic mass is 16.5. The fourth-order valence-corrected chi connectivity index (χ4v) is 13.0. The van der Waals surface area contributed by atoms with E-state index >= 15 is 0 Å². The maximum Gasteiger partial charge on any atom is 0.239 e. The fraction of sp³-hybridized carbons (Fsp3) is 0.875. The Bertz CT molecular complexity index is 1420. The second kappa shape index (κ2) is 10.9. The summed E-state index contributed by atoms with van der Waals surface area (Å²) in [5.41, 5.74) is -1.12. The van der Waals surface area contributed by atoms with Gasteiger partial charge in [-0.25, -0.2) is 0 Å².